The Hall–Kier alpha value is -2.08. The fourth-order valence-electron chi connectivity index (χ4n) is 3.62. The number of para-hydroxylation sites is 1. The predicted octanol–water partition coefficient (Wildman–Crippen LogP) is 2.47. The summed E-state index contributed by atoms with van der Waals surface area (Å²) in [6.07, 6.45) is 0.751. The lowest BCUT2D eigenvalue weighted by Gasteiger charge is -2.41. The maximum Gasteiger partial charge on any atom is 0.120 e. The minimum atomic E-state index is 0.184. The van der Waals surface area contributed by atoms with Gasteiger partial charge in [-0.05, 0) is 30.2 Å². The second-order valence-corrected chi connectivity index (χ2v) is 6.85. The third-order valence-electron chi connectivity index (χ3n) is 5.06. The molecule has 1 fully saturated rings. The van der Waals surface area contributed by atoms with Crippen LogP contribution in [0.4, 0.5) is 0 Å². The largest absolute Gasteiger partial charge is 0.508 e. The second-order valence-electron chi connectivity index (χ2n) is 6.85. The van der Waals surface area contributed by atoms with E-state index < -0.39 is 0 Å². The predicted molar refractivity (Wildman–Crippen MR) is 102 cm³/mol. The van der Waals surface area contributed by atoms with Gasteiger partial charge in [-0.2, -0.15) is 0 Å². The van der Waals surface area contributed by atoms with Gasteiger partial charge < -0.3 is 14.9 Å². The van der Waals surface area contributed by atoms with Gasteiger partial charge in [-0.3, -0.25) is 9.80 Å². The SMILES string of the molecule is COc1cccc(CN2CCN(Cc3ccccc3O)C[C@@H]2CCO)c1. The van der Waals surface area contributed by atoms with Crippen LogP contribution in [0.15, 0.2) is 48.5 Å². The molecule has 3 rings (SSSR count). The van der Waals surface area contributed by atoms with Crippen LogP contribution in [0.1, 0.15) is 17.5 Å². The molecule has 5 heteroatoms. The molecule has 26 heavy (non-hydrogen) atoms. The molecule has 2 N–H and O–H groups in total. The first-order chi connectivity index (χ1) is 12.7. The Labute approximate surface area is 155 Å². The van der Waals surface area contributed by atoms with Gasteiger partial charge in [-0.1, -0.05) is 30.3 Å². The van der Waals surface area contributed by atoms with Gasteiger partial charge in [0.1, 0.15) is 11.5 Å². The highest BCUT2D eigenvalue weighted by Crippen LogP contribution is 2.23. The standard InChI is InChI=1S/C21H28N2O3/c1-26-20-7-4-5-17(13-20)14-23-11-10-22(16-19(23)9-12-24)15-18-6-2-3-8-21(18)25/h2-8,13,19,24-25H,9-12,14-16H2,1H3/t19-/m0/s1. The number of piperazine rings is 1. The van der Waals surface area contributed by atoms with Crippen molar-refractivity contribution in [1.82, 2.24) is 9.80 Å². The minimum absolute atomic E-state index is 0.184. The molecule has 1 atom stereocenters. The lowest BCUT2D eigenvalue weighted by molar-refractivity contribution is 0.0496. The van der Waals surface area contributed by atoms with E-state index in [1.807, 2.05) is 30.3 Å². The van der Waals surface area contributed by atoms with Crippen molar-refractivity contribution in [3.05, 3.63) is 59.7 Å². The summed E-state index contributed by atoms with van der Waals surface area (Å²) in [6, 6.07) is 16.0. The average Bonchev–Trinajstić information content (AvgIpc) is 2.66. The van der Waals surface area contributed by atoms with Gasteiger partial charge in [0, 0.05) is 50.9 Å². The average molecular weight is 356 g/mol. The summed E-state index contributed by atoms with van der Waals surface area (Å²) < 4.78 is 5.32. The van der Waals surface area contributed by atoms with E-state index in [4.69, 9.17) is 4.74 Å². The number of benzene rings is 2. The lowest BCUT2D eigenvalue weighted by Crippen LogP contribution is -2.52. The van der Waals surface area contributed by atoms with Crippen molar-refractivity contribution in [2.45, 2.75) is 25.6 Å². The zero-order chi connectivity index (χ0) is 18.4. The molecule has 5 nitrogen and oxygen atoms in total. The first kappa shape index (κ1) is 18.7. The first-order valence-corrected chi connectivity index (χ1v) is 9.16. The molecule has 0 spiro atoms. The summed E-state index contributed by atoms with van der Waals surface area (Å²) in [5.41, 5.74) is 2.18. The highest BCUT2D eigenvalue weighted by molar-refractivity contribution is 5.31. The van der Waals surface area contributed by atoms with E-state index in [0.29, 0.717) is 11.8 Å². The van der Waals surface area contributed by atoms with Gasteiger partial charge in [-0.15, -0.1) is 0 Å². The van der Waals surface area contributed by atoms with Gasteiger partial charge in [0.15, 0.2) is 0 Å². The van der Waals surface area contributed by atoms with Crippen LogP contribution in [-0.2, 0) is 13.1 Å². The number of methoxy groups -OCH3 is 1. The van der Waals surface area contributed by atoms with Crippen LogP contribution in [0.5, 0.6) is 11.5 Å². The van der Waals surface area contributed by atoms with Crippen molar-refractivity contribution in [2.24, 2.45) is 0 Å². The van der Waals surface area contributed by atoms with Gasteiger partial charge in [0.25, 0.3) is 0 Å². The Bertz CT molecular complexity index is 707. The summed E-state index contributed by atoms with van der Waals surface area (Å²) in [7, 11) is 1.69. The Balaban J connectivity index is 1.65. The molecular formula is C21H28N2O3. The molecule has 2 aromatic rings. The van der Waals surface area contributed by atoms with Gasteiger partial charge in [-0.25, -0.2) is 0 Å². The lowest BCUT2D eigenvalue weighted by atomic mass is 10.1. The van der Waals surface area contributed by atoms with E-state index in [2.05, 4.69) is 21.9 Å². The Morgan fingerprint density at radius 3 is 2.69 bits per heavy atom. The Kier molecular flexibility index (Phi) is 6.50. The summed E-state index contributed by atoms with van der Waals surface area (Å²) in [6.45, 7) is 4.55. The summed E-state index contributed by atoms with van der Waals surface area (Å²) in [5, 5.41) is 19.5. The number of phenols is 1. The molecule has 1 heterocycles. The number of rotatable bonds is 7. The smallest absolute Gasteiger partial charge is 0.120 e. The van der Waals surface area contributed by atoms with Crippen molar-refractivity contribution in [3.8, 4) is 11.5 Å². The molecule has 1 aliphatic rings. The number of hydrogen-bond donors (Lipinski definition) is 2. The minimum Gasteiger partial charge on any atom is -0.508 e. The molecule has 0 saturated carbocycles. The molecule has 0 radical (unpaired) electrons. The highest BCUT2D eigenvalue weighted by atomic mass is 16.5. The summed E-state index contributed by atoms with van der Waals surface area (Å²) in [4.78, 5) is 4.80. The zero-order valence-electron chi connectivity index (χ0n) is 15.3. The molecule has 0 amide bonds. The number of aromatic hydroxyl groups is 1. The molecule has 0 aliphatic carbocycles. The second kappa shape index (κ2) is 9.03. The van der Waals surface area contributed by atoms with Crippen molar-refractivity contribution >= 4 is 0 Å². The normalized spacial score (nSPS) is 18.8. The number of aliphatic hydroxyl groups is 1. The fourth-order valence-corrected chi connectivity index (χ4v) is 3.62. The van der Waals surface area contributed by atoms with Crippen LogP contribution in [-0.4, -0.2) is 59.4 Å². The maximum atomic E-state index is 10.0. The van der Waals surface area contributed by atoms with Crippen LogP contribution in [0.25, 0.3) is 0 Å². The number of phenolic OH excluding ortho intramolecular Hbond substituents is 1. The van der Waals surface area contributed by atoms with Gasteiger partial charge in [0.05, 0.1) is 7.11 Å². The molecular weight excluding hydrogens is 328 g/mol. The molecule has 0 bridgehead atoms. The Morgan fingerprint density at radius 2 is 1.92 bits per heavy atom. The summed E-state index contributed by atoms with van der Waals surface area (Å²) >= 11 is 0. The first-order valence-electron chi connectivity index (χ1n) is 9.16. The molecule has 1 aliphatic heterocycles. The van der Waals surface area contributed by atoms with E-state index >= 15 is 0 Å². The van der Waals surface area contributed by atoms with Gasteiger partial charge >= 0.3 is 0 Å². The van der Waals surface area contributed by atoms with E-state index in [1.54, 1.807) is 13.2 Å². The van der Waals surface area contributed by atoms with Crippen LogP contribution < -0.4 is 4.74 Å². The maximum absolute atomic E-state index is 10.0. The van der Waals surface area contributed by atoms with Crippen molar-refractivity contribution in [1.29, 1.82) is 0 Å². The van der Waals surface area contributed by atoms with E-state index in [-0.39, 0.29) is 6.61 Å². The molecule has 140 valence electrons. The molecule has 0 unspecified atom stereocenters. The van der Waals surface area contributed by atoms with Crippen molar-refractivity contribution in [2.75, 3.05) is 33.4 Å². The van der Waals surface area contributed by atoms with Crippen molar-refractivity contribution in [3.63, 3.8) is 0 Å². The molecule has 1 saturated heterocycles. The Morgan fingerprint density at radius 1 is 1.08 bits per heavy atom. The number of hydrogen-bond acceptors (Lipinski definition) is 5. The van der Waals surface area contributed by atoms with Crippen molar-refractivity contribution < 1.29 is 14.9 Å². The number of ether oxygens (including phenoxy) is 1. The summed E-state index contributed by atoms with van der Waals surface area (Å²) in [5.74, 6) is 1.23. The fraction of sp³-hybridized carbons (Fsp3) is 0.429. The van der Waals surface area contributed by atoms with E-state index in [0.717, 1.165) is 50.5 Å². The van der Waals surface area contributed by atoms with Crippen LogP contribution >= 0.6 is 0 Å². The number of nitrogens with zero attached hydrogens (tertiary/aromatic N) is 2. The van der Waals surface area contributed by atoms with Crippen LogP contribution in [0, 0.1) is 0 Å². The quantitative estimate of drug-likeness (QED) is 0.798. The zero-order valence-corrected chi connectivity index (χ0v) is 15.3. The van der Waals surface area contributed by atoms with E-state index in [9.17, 15) is 10.2 Å². The van der Waals surface area contributed by atoms with Crippen LogP contribution in [0.2, 0.25) is 0 Å². The highest BCUT2D eigenvalue weighted by Gasteiger charge is 2.27. The third kappa shape index (κ3) is 4.75. The molecule has 2 aromatic carbocycles. The van der Waals surface area contributed by atoms with E-state index in [1.165, 1.54) is 5.56 Å². The third-order valence-corrected chi connectivity index (χ3v) is 5.06. The topological polar surface area (TPSA) is 56.2 Å². The molecule has 0 aromatic heterocycles. The van der Waals surface area contributed by atoms with Gasteiger partial charge in [0.2, 0.25) is 0 Å². The van der Waals surface area contributed by atoms with Crippen LogP contribution in [0.3, 0.4) is 0 Å². The monoisotopic (exact) mass is 356 g/mol. The number of aliphatic hydroxyl groups excluding tert-OH is 1.